The van der Waals surface area contributed by atoms with Crippen molar-refractivity contribution in [2.75, 3.05) is 41.1 Å². The first-order valence-corrected chi connectivity index (χ1v) is 29.0. The molecule has 1 aliphatic carbocycles. The highest BCUT2D eigenvalue weighted by Gasteiger charge is 2.53. The Morgan fingerprint density at radius 1 is 0.850 bits per heavy atom. The van der Waals surface area contributed by atoms with Gasteiger partial charge in [-0.2, -0.15) is 0 Å². The van der Waals surface area contributed by atoms with Crippen LogP contribution >= 0.6 is 0 Å². The average Bonchev–Trinajstić information content (AvgIpc) is 3.57. The van der Waals surface area contributed by atoms with E-state index >= 15 is 0 Å². The molecule has 4 fully saturated rings. The van der Waals surface area contributed by atoms with Gasteiger partial charge in [0.05, 0.1) is 24.4 Å². The number of rotatable bonds is 9. The van der Waals surface area contributed by atoms with Gasteiger partial charge in [-0.15, -0.1) is 0 Å². The molecule has 4 aliphatic heterocycles. The number of esters is 2. The number of allylic oxidation sites excluding steroid dienone is 6. The number of carbonyl (C=O) groups excluding carboxylic acids is 6. The summed E-state index contributed by atoms with van der Waals surface area (Å²) >= 11 is 0. The molecule has 2 N–H and O–H groups in total. The fourth-order valence-corrected chi connectivity index (χ4v) is 12.1. The number of ketones is 3. The third kappa shape index (κ3) is 16.3. The first kappa shape index (κ1) is 64.5. The van der Waals surface area contributed by atoms with Crippen molar-refractivity contribution in [2.45, 2.75) is 187 Å². The summed E-state index contributed by atoms with van der Waals surface area (Å²) < 4.78 is 48.2. The lowest BCUT2D eigenvalue weighted by molar-refractivity contribution is -0.265. The zero-order valence-corrected chi connectivity index (χ0v) is 49.2. The van der Waals surface area contributed by atoms with Gasteiger partial charge in [0.1, 0.15) is 29.8 Å². The van der Waals surface area contributed by atoms with Gasteiger partial charge in [0.2, 0.25) is 5.79 Å². The van der Waals surface area contributed by atoms with Crippen LogP contribution in [0.3, 0.4) is 0 Å². The van der Waals surface area contributed by atoms with Gasteiger partial charge in [0.15, 0.2) is 11.6 Å². The molecule has 0 radical (unpaired) electrons. The SMILES string of the molecule is CO[C@H]1C[C@@H]2CC[C@@H](C)[C@@](O)(O2)C(=O)C(=O)N2CCCC[C@H]2C(=O)O[C@H]([C@H](C)C[C@@H]2CC[C@@H](OC(=O)C3(C)COB(c4ccccc4)OC3)[C@H](OC)C2)CC(=O)C(C)=CC(C)[C@@H](O)[C@@H](OC)C(=O)[C@H](C)C[C@H](C)C=CC=CC=C1C. The summed E-state index contributed by atoms with van der Waals surface area (Å²) in [4.78, 5) is 86.7. The maximum absolute atomic E-state index is 14.7. The third-order valence-electron chi connectivity index (χ3n) is 17.4. The molecular weight excluding hydrogens is 1030 g/mol. The predicted molar refractivity (Wildman–Crippen MR) is 301 cm³/mol. The topological polar surface area (TPSA) is 220 Å². The van der Waals surface area contributed by atoms with E-state index < -0.39 is 114 Å². The van der Waals surface area contributed by atoms with Crippen molar-refractivity contribution >= 4 is 47.8 Å². The van der Waals surface area contributed by atoms with E-state index in [0.29, 0.717) is 64.2 Å². The number of hydrogen-bond acceptors (Lipinski definition) is 16. The maximum Gasteiger partial charge on any atom is 0.493 e. The fourth-order valence-electron chi connectivity index (χ4n) is 12.1. The zero-order chi connectivity index (χ0) is 58.5. The largest absolute Gasteiger partial charge is 0.493 e. The van der Waals surface area contributed by atoms with E-state index in [1.165, 1.54) is 12.0 Å². The monoisotopic (exact) mass is 1120 g/mol. The van der Waals surface area contributed by atoms with Gasteiger partial charge >= 0.3 is 19.1 Å². The summed E-state index contributed by atoms with van der Waals surface area (Å²) in [6.45, 7) is 14.7. The molecule has 1 unspecified atom stereocenters. The number of piperidine rings is 1. The third-order valence-corrected chi connectivity index (χ3v) is 17.4. The number of fused-ring (bicyclic) bond motifs is 3. The van der Waals surface area contributed by atoms with Crippen LogP contribution in [0.1, 0.15) is 132 Å². The summed E-state index contributed by atoms with van der Waals surface area (Å²) in [5, 5.41) is 23.7. The second kappa shape index (κ2) is 29.5. The number of ether oxygens (including phenoxy) is 6. The summed E-state index contributed by atoms with van der Waals surface area (Å²) in [6.07, 6.45) is 10.4. The Morgan fingerprint density at radius 2 is 1.56 bits per heavy atom. The van der Waals surface area contributed by atoms with E-state index in [9.17, 15) is 39.0 Å². The molecule has 2 bridgehead atoms. The molecule has 1 saturated carbocycles. The van der Waals surface area contributed by atoms with Crippen LogP contribution in [0.5, 0.6) is 0 Å². The van der Waals surface area contributed by atoms with Crippen LogP contribution in [-0.4, -0.2) is 153 Å². The number of aliphatic hydroxyl groups is 2. The van der Waals surface area contributed by atoms with Crippen molar-refractivity contribution in [2.24, 2.45) is 40.9 Å². The molecule has 4 heterocycles. The molecule has 1 amide bonds. The van der Waals surface area contributed by atoms with Crippen molar-refractivity contribution in [3.63, 3.8) is 0 Å². The van der Waals surface area contributed by atoms with Crippen molar-refractivity contribution in [1.29, 1.82) is 0 Å². The van der Waals surface area contributed by atoms with Crippen LogP contribution in [0.15, 0.2) is 77.9 Å². The number of aliphatic hydroxyl groups excluding tert-OH is 1. The molecule has 0 spiro atoms. The van der Waals surface area contributed by atoms with E-state index in [2.05, 4.69) is 0 Å². The first-order chi connectivity index (χ1) is 38.0. The highest BCUT2D eigenvalue weighted by Crippen LogP contribution is 2.39. The molecule has 80 heavy (non-hydrogen) atoms. The highest BCUT2D eigenvalue weighted by molar-refractivity contribution is 6.61. The van der Waals surface area contributed by atoms with Crippen molar-refractivity contribution < 1.29 is 76.7 Å². The van der Waals surface area contributed by atoms with Gasteiger partial charge in [0.25, 0.3) is 11.7 Å². The molecule has 1 aromatic rings. The van der Waals surface area contributed by atoms with Crippen LogP contribution in [0.4, 0.5) is 0 Å². The standard InChI is InChI=1S/C62H90BNO16/c1-38-20-14-12-15-21-39(2)51(73-9)34-47-27-25-44(7)62(72,80-47)57(68)58(69)64-29-19-18-24-48(64)59(70)78-52(35-49(65)40(3)31-43(6)55(67)56(75-11)54(66)42(5)30-38)41(4)32-45-26-28-50(53(33-45)74-10)79-60(71)61(8)36-76-63(77-37-61)46-22-16-13-17-23-46/h12-17,20-23,31,38,41-45,47-48,50-53,55-56,67,72H,18-19,24-30,32-37H2,1-11H3/t38-,41-,42-,43?,44-,45+,47+,48+,50-,51+,52+,53-,55-,56+,62-/m1/s1. The summed E-state index contributed by atoms with van der Waals surface area (Å²) in [6, 6.07) is 8.32. The Bertz CT molecular complexity index is 2400. The molecule has 442 valence electrons. The number of hydrogen-bond donors (Lipinski definition) is 2. The molecule has 5 aliphatic rings. The first-order valence-electron chi connectivity index (χ1n) is 29.0. The minimum absolute atomic E-state index is 0.0000134. The molecular formula is C62H90BNO16. The van der Waals surface area contributed by atoms with E-state index in [1.54, 1.807) is 48.0 Å². The molecule has 18 heteroatoms. The van der Waals surface area contributed by atoms with Crippen molar-refractivity contribution in [3.05, 3.63) is 77.9 Å². The number of Topliss-reactive ketones (excluding diaryl/α,β-unsaturated/α-hetero) is 3. The fraction of sp³-hybridized carbons (Fsp3) is 0.677. The Balaban J connectivity index is 1.24. The molecule has 3 saturated heterocycles. The van der Waals surface area contributed by atoms with Crippen LogP contribution < -0.4 is 5.46 Å². The van der Waals surface area contributed by atoms with Crippen LogP contribution in [0, 0.1) is 40.9 Å². The number of nitrogens with zero attached hydrogens (tertiary/aromatic N) is 1. The van der Waals surface area contributed by atoms with Gasteiger partial charge < -0.3 is 52.8 Å². The van der Waals surface area contributed by atoms with Crippen molar-refractivity contribution in [3.8, 4) is 0 Å². The molecule has 0 aromatic heterocycles. The van der Waals surface area contributed by atoms with Crippen LogP contribution in [0.2, 0.25) is 0 Å². The Hall–Kier alpha value is -4.66. The smallest absolute Gasteiger partial charge is 0.460 e. The van der Waals surface area contributed by atoms with Gasteiger partial charge in [-0.3, -0.25) is 24.0 Å². The quantitative estimate of drug-likeness (QED) is 0.142. The number of amides is 1. The Morgan fingerprint density at radius 3 is 2.24 bits per heavy atom. The van der Waals surface area contributed by atoms with E-state index in [4.69, 9.17) is 37.7 Å². The van der Waals surface area contributed by atoms with E-state index in [0.717, 1.165) is 11.0 Å². The number of cyclic esters (lactones) is 1. The summed E-state index contributed by atoms with van der Waals surface area (Å²) in [5.74, 6) is -8.86. The maximum atomic E-state index is 14.7. The van der Waals surface area contributed by atoms with E-state index in [1.807, 2.05) is 88.4 Å². The second-order valence-corrected chi connectivity index (χ2v) is 23.9. The second-order valence-electron chi connectivity index (χ2n) is 23.9. The summed E-state index contributed by atoms with van der Waals surface area (Å²) in [5.41, 5.74) is 0.968. The van der Waals surface area contributed by atoms with Gasteiger partial charge in [-0.25, -0.2) is 4.79 Å². The molecule has 1 aromatic carbocycles. The van der Waals surface area contributed by atoms with Gasteiger partial charge in [-0.05, 0) is 119 Å². The van der Waals surface area contributed by atoms with Gasteiger partial charge in [-0.1, -0.05) is 101 Å². The predicted octanol–water partition coefficient (Wildman–Crippen LogP) is 7.18. The minimum atomic E-state index is -2.46. The van der Waals surface area contributed by atoms with E-state index in [-0.39, 0.29) is 61.6 Å². The van der Waals surface area contributed by atoms with Crippen molar-refractivity contribution in [1.82, 2.24) is 4.90 Å². The number of methoxy groups -OCH3 is 3. The molecule has 6 rings (SSSR count). The average molecular weight is 1120 g/mol. The summed E-state index contributed by atoms with van der Waals surface area (Å²) in [7, 11) is 3.94. The molecule has 17 nitrogen and oxygen atoms in total. The number of benzene rings is 1. The Labute approximate surface area is 474 Å². The lowest BCUT2D eigenvalue weighted by Crippen LogP contribution is -2.61. The minimum Gasteiger partial charge on any atom is -0.460 e. The highest BCUT2D eigenvalue weighted by atomic mass is 16.6. The Kier molecular flexibility index (Phi) is 23.8. The lowest BCUT2D eigenvalue weighted by Gasteiger charge is -2.42. The molecule has 15 atom stereocenters. The normalized spacial score (nSPS) is 34.7. The zero-order valence-electron chi connectivity index (χ0n) is 49.2. The van der Waals surface area contributed by atoms with Gasteiger partial charge in [0, 0.05) is 71.7 Å². The van der Waals surface area contributed by atoms with Crippen LogP contribution in [-0.2, 0) is 66.5 Å². The van der Waals surface area contributed by atoms with Crippen LogP contribution in [0.25, 0.3) is 0 Å². The lowest BCUT2D eigenvalue weighted by atomic mass is 9.75. The number of carbonyl (C=O) groups is 6.